The van der Waals surface area contributed by atoms with Crippen LogP contribution in [0.2, 0.25) is 0 Å². The minimum atomic E-state index is -1.00. The van der Waals surface area contributed by atoms with Gasteiger partial charge in [-0.3, -0.25) is 0 Å². The van der Waals surface area contributed by atoms with Crippen LogP contribution in [-0.2, 0) is 4.84 Å². The summed E-state index contributed by atoms with van der Waals surface area (Å²) in [7, 11) is 0. The zero-order chi connectivity index (χ0) is 8.57. The molecule has 0 heterocycles. The highest BCUT2D eigenvalue weighted by Crippen LogP contribution is 1.67. The Morgan fingerprint density at radius 1 is 1.50 bits per heavy atom. The molecule has 0 saturated carbocycles. The molecular weight excluding hydrogens is 146 g/mol. The molecule has 0 aromatic rings. The molecule has 0 unspecified atom stereocenters. The number of rotatable bonds is 2. The lowest BCUT2D eigenvalue weighted by Crippen LogP contribution is -2.04. The first kappa shape index (κ1) is 11.2. The third-order valence-electron chi connectivity index (χ3n) is 0.235. The van der Waals surface area contributed by atoms with Crippen LogP contribution in [0.3, 0.4) is 0 Å². The smallest absolute Gasteiger partial charge is 0.294 e. The van der Waals surface area contributed by atoms with Crippen molar-refractivity contribution in [2.45, 2.75) is 6.92 Å². The average molecular weight is 153 g/mol. The van der Waals surface area contributed by atoms with E-state index in [4.69, 9.17) is 10.1 Å². The Labute approximate surface area is 55.8 Å². The molecule has 0 aliphatic rings. The third-order valence-corrected chi connectivity index (χ3v) is 0.235. The maximum absolute atomic E-state index is 9.18. The third kappa shape index (κ3) is 95.2. The largest absolute Gasteiger partial charge is 0.314 e. The molecule has 0 rings (SSSR count). The van der Waals surface area contributed by atoms with Gasteiger partial charge in [0.15, 0.2) is 5.03 Å². The number of hydrazine groups is 1. The van der Waals surface area contributed by atoms with Gasteiger partial charge in [0.2, 0.25) is 0 Å². The first-order valence-electron chi connectivity index (χ1n) is 2.17. The Hall–Kier alpha value is -1.60. The molecular formula is C2H7N3O5. The molecule has 0 atom stereocenters. The van der Waals surface area contributed by atoms with E-state index in [9.17, 15) is 10.1 Å². The van der Waals surface area contributed by atoms with Crippen molar-refractivity contribution in [3.8, 4) is 0 Å². The molecule has 0 radical (unpaired) electrons. The summed E-state index contributed by atoms with van der Waals surface area (Å²) >= 11 is 0. The van der Waals surface area contributed by atoms with Gasteiger partial charge in [-0.15, -0.1) is 10.1 Å². The molecule has 0 fully saturated rings. The van der Waals surface area contributed by atoms with Crippen LogP contribution in [0.25, 0.3) is 0 Å². The van der Waals surface area contributed by atoms with Crippen molar-refractivity contribution in [1.29, 1.82) is 0 Å². The topological polar surface area (TPSA) is 122 Å². The number of nitro groups is 1. The molecule has 8 nitrogen and oxygen atoms in total. The van der Waals surface area contributed by atoms with E-state index in [1.165, 1.54) is 0 Å². The summed E-state index contributed by atoms with van der Waals surface area (Å²) in [5, 5.41) is 15.9. The van der Waals surface area contributed by atoms with Crippen molar-refractivity contribution >= 4 is 0 Å². The lowest BCUT2D eigenvalue weighted by molar-refractivity contribution is -0.756. The zero-order valence-corrected chi connectivity index (χ0v) is 5.22. The molecule has 0 spiro atoms. The van der Waals surface area contributed by atoms with E-state index in [1.807, 2.05) is 0 Å². The van der Waals surface area contributed by atoms with Crippen LogP contribution < -0.4 is 5.84 Å². The van der Waals surface area contributed by atoms with Gasteiger partial charge in [-0.1, -0.05) is 0 Å². The van der Waals surface area contributed by atoms with E-state index in [0.29, 0.717) is 0 Å². The van der Waals surface area contributed by atoms with Crippen LogP contribution in [0.4, 0.5) is 0 Å². The minimum absolute atomic E-state index is 0.132. The van der Waals surface area contributed by atoms with Gasteiger partial charge >= 0.3 is 0 Å². The summed E-state index contributed by atoms with van der Waals surface area (Å²) in [4.78, 5) is 21.5. The van der Waals surface area contributed by atoms with Gasteiger partial charge in [-0.2, -0.15) is 5.84 Å². The van der Waals surface area contributed by atoms with Crippen LogP contribution >= 0.6 is 0 Å². The molecule has 10 heavy (non-hydrogen) atoms. The van der Waals surface area contributed by atoms with Crippen molar-refractivity contribution < 1.29 is 15.0 Å². The summed E-state index contributed by atoms with van der Waals surface area (Å²) in [5.41, 5.74) is 0. The Morgan fingerprint density at radius 2 is 1.80 bits per heavy atom. The molecule has 0 aliphatic heterocycles. The van der Waals surface area contributed by atoms with Crippen LogP contribution in [0.1, 0.15) is 6.92 Å². The highest BCUT2D eigenvalue weighted by molar-refractivity contribution is 3.95. The van der Waals surface area contributed by atoms with E-state index in [2.05, 4.69) is 10.7 Å². The summed E-state index contributed by atoms with van der Waals surface area (Å²) < 4.78 is 0. The van der Waals surface area contributed by atoms with Crippen molar-refractivity contribution in [3.63, 3.8) is 0 Å². The molecule has 0 amide bonds. The second-order valence-corrected chi connectivity index (χ2v) is 0.927. The van der Waals surface area contributed by atoms with Gasteiger partial charge in [-0.05, 0) is 6.92 Å². The minimum Gasteiger partial charge on any atom is -0.314 e. The SMILES string of the molecule is CCO[N+](=O)[O-].N[N+](=O)[O-]. The fourth-order valence-electron chi connectivity index (χ4n) is 0.105. The molecule has 8 heteroatoms. The van der Waals surface area contributed by atoms with E-state index in [-0.39, 0.29) is 6.61 Å². The van der Waals surface area contributed by atoms with Gasteiger partial charge in [0.25, 0.3) is 5.09 Å². The Balaban J connectivity index is 0. The first-order chi connectivity index (χ1) is 4.50. The summed E-state index contributed by atoms with van der Waals surface area (Å²) in [6.07, 6.45) is 0. The Morgan fingerprint density at radius 3 is 1.80 bits per heavy atom. The number of hydrogen-bond donors (Lipinski definition) is 1. The fourth-order valence-corrected chi connectivity index (χ4v) is 0.105. The molecule has 0 aromatic carbocycles. The van der Waals surface area contributed by atoms with E-state index < -0.39 is 10.1 Å². The van der Waals surface area contributed by atoms with Gasteiger partial charge in [0.1, 0.15) is 0 Å². The maximum Gasteiger partial charge on any atom is 0.294 e. The highest BCUT2D eigenvalue weighted by Gasteiger charge is 1.83. The van der Waals surface area contributed by atoms with E-state index in [1.54, 1.807) is 6.92 Å². The van der Waals surface area contributed by atoms with Crippen molar-refractivity contribution in [2.24, 2.45) is 5.84 Å². The zero-order valence-electron chi connectivity index (χ0n) is 5.22. The van der Waals surface area contributed by atoms with Crippen LogP contribution in [0.5, 0.6) is 0 Å². The average Bonchev–Trinajstić information content (AvgIpc) is 1.62. The first-order valence-corrected chi connectivity index (χ1v) is 2.17. The molecule has 2 N–H and O–H groups in total. The Bertz CT molecular complexity index is 109. The monoisotopic (exact) mass is 153 g/mol. The highest BCUT2D eigenvalue weighted by atomic mass is 16.9. The summed E-state index contributed by atoms with van der Waals surface area (Å²) in [6.45, 7) is 1.69. The summed E-state index contributed by atoms with van der Waals surface area (Å²) in [6, 6.07) is 0. The molecule has 0 aromatic heterocycles. The van der Waals surface area contributed by atoms with Gasteiger partial charge < -0.3 is 4.84 Å². The van der Waals surface area contributed by atoms with E-state index >= 15 is 0 Å². The normalized spacial score (nSPS) is 6.90. The predicted molar refractivity (Wildman–Crippen MR) is 29.8 cm³/mol. The van der Waals surface area contributed by atoms with Crippen molar-refractivity contribution in [2.75, 3.05) is 6.61 Å². The van der Waals surface area contributed by atoms with Gasteiger partial charge in [0.05, 0.1) is 6.61 Å². The molecule has 0 aliphatic carbocycles. The maximum atomic E-state index is 9.18. The van der Waals surface area contributed by atoms with Crippen LogP contribution in [0.15, 0.2) is 0 Å². The van der Waals surface area contributed by atoms with Crippen molar-refractivity contribution in [1.82, 2.24) is 0 Å². The molecule has 60 valence electrons. The number of nitrogens with zero attached hydrogens (tertiary/aromatic N) is 2. The van der Waals surface area contributed by atoms with Gasteiger partial charge in [-0.25, -0.2) is 10.1 Å². The quantitative estimate of drug-likeness (QED) is 0.319. The fraction of sp³-hybridized carbons (Fsp3) is 1.00. The molecule has 0 bridgehead atoms. The lowest BCUT2D eigenvalue weighted by atomic mass is 10.9. The number of hydrogen-bond acceptors (Lipinski definition) is 5. The van der Waals surface area contributed by atoms with Crippen LogP contribution in [-0.4, -0.2) is 16.7 Å². The van der Waals surface area contributed by atoms with Crippen molar-refractivity contribution in [3.05, 3.63) is 20.2 Å². The summed E-state index contributed by atoms with van der Waals surface area (Å²) in [5.74, 6) is 3.83. The van der Waals surface area contributed by atoms with Gasteiger partial charge in [0, 0.05) is 0 Å². The van der Waals surface area contributed by atoms with Crippen LogP contribution in [0, 0.1) is 20.2 Å². The predicted octanol–water partition coefficient (Wildman–Crippen LogP) is -0.649. The standard InChI is InChI=1S/C2H5NO3.H2N2O2/c1-2-6-3(4)5;1-2(3)4/h2H2,1H3;1H2. The second-order valence-electron chi connectivity index (χ2n) is 0.927. The lowest BCUT2D eigenvalue weighted by Gasteiger charge is -1.83. The Kier molecular flexibility index (Phi) is 8.31. The number of nitrogens with two attached hydrogens (primary N) is 1. The second kappa shape index (κ2) is 7.40. The molecule has 0 saturated heterocycles. The van der Waals surface area contributed by atoms with E-state index in [0.717, 1.165) is 0 Å².